The molecule has 0 saturated heterocycles. The monoisotopic (exact) mass is 343 g/mol. The summed E-state index contributed by atoms with van der Waals surface area (Å²) in [6.07, 6.45) is 2.21. The first-order valence-corrected chi connectivity index (χ1v) is 8.86. The summed E-state index contributed by atoms with van der Waals surface area (Å²) in [5, 5.41) is 5.98. The van der Waals surface area contributed by atoms with Gasteiger partial charge in [0.15, 0.2) is 10.9 Å². The fourth-order valence-electron chi connectivity index (χ4n) is 2.64. The second-order valence-electron chi connectivity index (χ2n) is 6.98. The topological polar surface area (TPSA) is 71.1 Å². The lowest BCUT2D eigenvalue weighted by atomic mass is 9.87. The zero-order valence-corrected chi connectivity index (χ0v) is 14.9. The molecule has 0 unspecified atom stereocenters. The van der Waals surface area contributed by atoms with E-state index in [1.54, 1.807) is 0 Å². The quantitative estimate of drug-likeness (QED) is 0.837. The molecule has 1 aromatic carbocycles. The highest BCUT2D eigenvalue weighted by atomic mass is 32.1. The van der Waals surface area contributed by atoms with Gasteiger partial charge in [-0.1, -0.05) is 44.2 Å². The Morgan fingerprint density at radius 2 is 1.83 bits per heavy atom. The summed E-state index contributed by atoms with van der Waals surface area (Å²) < 4.78 is 0. The molecule has 24 heavy (non-hydrogen) atoms. The molecule has 0 fully saturated rings. The van der Waals surface area contributed by atoms with E-state index in [-0.39, 0.29) is 17.2 Å². The van der Waals surface area contributed by atoms with E-state index in [4.69, 9.17) is 0 Å². The van der Waals surface area contributed by atoms with Crippen LogP contribution in [-0.2, 0) is 11.8 Å². The highest BCUT2D eigenvalue weighted by molar-refractivity contribution is 7.17. The van der Waals surface area contributed by atoms with Crippen molar-refractivity contribution in [2.75, 3.05) is 10.6 Å². The number of hydrogen-bond donors (Lipinski definition) is 2. The number of aryl methyl sites for hydroxylation is 1. The Kier molecular flexibility index (Phi) is 4.41. The van der Waals surface area contributed by atoms with Gasteiger partial charge in [0.1, 0.15) is 0 Å². The SMILES string of the molecule is CC(C)(C)c1ccc(NC(=O)Nc2nc3c(s2)C(=O)CCC3)cc1. The number of benzene rings is 1. The normalized spacial score (nSPS) is 14.2. The summed E-state index contributed by atoms with van der Waals surface area (Å²) >= 11 is 1.26. The Morgan fingerprint density at radius 3 is 2.46 bits per heavy atom. The van der Waals surface area contributed by atoms with E-state index in [9.17, 15) is 9.59 Å². The number of hydrogen-bond acceptors (Lipinski definition) is 4. The van der Waals surface area contributed by atoms with Gasteiger partial charge in [0.05, 0.1) is 10.6 Å². The van der Waals surface area contributed by atoms with Crippen LogP contribution < -0.4 is 10.6 Å². The largest absolute Gasteiger partial charge is 0.325 e. The smallest absolute Gasteiger partial charge is 0.308 e. The van der Waals surface area contributed by atoms with Gasteiger partial charge in [0, 0.05) is 12.1 Å². The Morgan fingerprint density at radius 1 is 1.12 bits per heavy atom. The van der Waals surface area contributed by atoms with Crippen LogP contribution in [-0.4, -0.2) is 16.8 Å². The molecule has 126 valence electrons. The minimum atomic E-state index is -0.350. The van der Waals surface area contributed by atoms with Gasteiger partial charge in [-0.15, -0.1) is 0 Å². The number of aromatic nitrogens is 1. The highest BCUT2D eigenvalue weighted by Gasteiger charge is 2.22. The zero-order chi connectivity index (χ0) is 17.3. The number of carbonyl (C=O) groups excluding carboxylic acids is 2. The van der Waals surface area contributed by atoms with Crippen LogP contribution in [0.4, 0.5) is 15.6 Å². The standard InChI is InChI=1S/C18H21N3O2S/c1-18(2,3)11-7-9-12(10-8-11)19-16(23)21-17-20-13-5-4-6-14(22)15(13)24-17/h7-10H,4-6H2,1-3H3,(H2,19,20,21,23). The number of carbonyl (C=O) groups is 2. The van der Waals surface area contributed by atoms with Crippen LogP contribution in [0.25, 0.3) is 0 Å². The summed E-state index contributed by atoms with van der Waals surface area (Å²) in [5.74, 6) is 0.125. The van der Waals surface area contributed by atoms with Crippen molar-refractivity contribution in [3.05, 3.63) is 40.4 Å². The summed E-state index contributed by atoms with van der Waals surface area (Å²) in [7, 11) is 0. The molecule has 6 heteroatoms. The Labute approximate surface area is 145 Å². The third-order valence-electron chi connectivity index (χ3n) is 4.00. The van der Waals surface area contributed by atoms with Crippen molar-refractivity contribution in [2.24, 2.45) is 0 Å². The summed E-state index contributed by atoms with van der Waals surface area (Å²) in [6, 6.07) is 7.44. The van der Waals surface area contributed by atoms with Gasteiger partial charge in [-0.2, -0.15) is 0 Å². The minimum Gasteiger partial charge on any atom is -0.308 e. The van der Waals surface area contributed by atoms with Gasteiger partial charge in [-0.25, -0.2) is 9.78 Å². The lowest BCUT2D eigenvalue weighted by Gasteiger charge is -2.19. The molecule has 3 rings (SSSR count). The van der Waals surface area contributed by atoms with Gasteiger partial charge in [-0.05, 0) is 36.0 Å². The molecule has 5 nitrogen and oxygen atoms in total. The van der Waals surface area contributed by atoms with E-state index >= 15 is 0 Å². The molecule has 0 radical (unpaired) electrons. The van der Waals surface area contributed by atoms with Gasteiger partial charge in [-0.3, -0.25) is 10.1 Å². The van der Waals surface area contributed by atoms with Crippen LogP contribution in [0, 0.1) is 0 Å². The van der Waals surface area contributed by atoms with Crippen molar-refractivity contribution in [1.29, 1.82) is 0 Å². The summed E-state index contributed by atoms with van der Waals surface area (Å²) in [4.78, 5) is 29.0. The number of amides is 2. The lowest BCUT2D eigenvalue weighted by Crippen LogP contribution is -2.19. The van der Waals surface area contributed by atoms with Gasteiger partial charge in [0.2, 0.25) is 0 Å². The third kappa shape index (κ3) is 3.64. The molecule has 0 aliphatic heterocycles. The van der Waals surface area contributed by atoms with Gasteiger partial charge >= 0.3 is 6.03 Å². The fraction of sp³-hybridized carbons (Fsp3) is 0.389. The van der Waals surface area contributed by atoms with E-state index < -0.39 is 0 Å². The molecule has 0 atom stereocenters. The molecular formula is C18H21N3O2S. The number of fused-ring (bicyclic) bond motifs is 1. The number of anilines is 2. The van der Waals surface area contributed by atoms with Crippen LogP contribution in [0.3, 0.4) is 0 Å². The zero-order valence-electron chi connectivity index (χ0n) is 14.1. The van der Waals surface area contributed by atoms with Crippen LogP contribution in [0.1, 0.15) is 54.5 Å². The molecule has 0 spiro atoms. The molecule has 2 N–H and O–H groups in total. The van der Waals surface area contributed by atoms with Crippen molar-refractivity contribution in [3.63, 3.8) is 0 Å². The van der Waals surface area contributed by atoms with E-state index in [1.807, 2.05) is 24.3 Å². The van der Waals surface area contributed by atoms with Crippen molar-refractivity contribution in [2.45, 2.75) is 45.4 Å². The first-order chi connectivity index (χ1) is 11.3. The average molecular weight is 343 g/mol. The number of nitrogens with one attached hydrogen (secondary N) is 2. The van der Waals surface area contributed by atoms with E-state index in [0.29, 0.717) is 16.4 Å². The molecule has 1 heterocycles. The molecule has 2 amide bonds. The predicted molar refractivity (Wildman–Crippen MR) is 97.2 cm³/mol. The number of Topliss-reactive ketones (excluding diaryl/α,β-unsaturated/α-hetero) is 1. The van der Waals surface area contributed by atoms with Crippen LogP contribution in [0.5, 0.6) is 0 Å². The maximum absolute atomic E-state index is 12.1. The van der Waals surface area contributed by atoms with Crippen LogP contribution in [0.15, 0.2) is 24.3 Å². The van der Waals surface area contributed by atoms with E-state index in [0.717, 1.165) is 24.2 Å². The molecule has 0 saturated carbocycles. The third-order valence-corrected chi connectivity index (χ3v) is 5.05. The minimum absolute atomic E-state index is 0.0767. The first-order valence-electron chi connectivity index (χ1n) is 8.04. The number of rotatable bonds is 2. The molecular weight excluding hydrogens is 322 g/mol. The number of thiazole rings is 1. The Hall–Kier alpha value is -2.21. The maximum atomic E-state index is 12.1. The summed E-state index contributed by atoms with van der Waals surface area (Å²) in [6.45, 7) is 6.44. The lowest BCUT2D eigenvalue weighted by molar-refractivity contribution is 0.0976. The molecule has 2 aromatic rings. The molecule has 1 aliphatic rings. The van der Waals surface area contributed by atoms with Crippen molar-refractivity contribution < 1.29 is 9.59 Å². The number of nitrogens with zero attached hydrogens (tertiary/aromatic N) is 1. The number of urea groups is 1. The van der Waals surface area contributed by atoms with Crippen molar-refractivity contribution in [1.82, 2.24) is 4.98 Å². The summed E-state index contributed by atoms with van der Waals surface area (Å²) in [5.41, 5.74) is 2.81. The average Bonchev–Trinajstić information content (AvgIpc) is 2.90. The van der Waals surface area contributed by atoms with Crippen LogP contribution in [0.2, 0.25) is 0 Å². The predicted octanol–water partition coefficient (Wildman–Crippen LogP) is 4.60. The first kappa shape index (κ1) is 16.6. The van der Waals surface area contributed by atoms with Crippen LogP contribution >= 0.6 is 11.3 Å². The van der Waals surface area contributed by atoms with E-state index in [1.165, 1.54) is 16.9 Å². The highest BCUT2D eigenvalue weighted by Crippen LogP contribution is 2.29. The van der Waals surface area contributed by atoms with Gasteiger partial charge in [0.25, 0.3) is 0 Å². The Bertz CT molecular complexity index is 773. The fourth-order valence-corrected chi connectivity index (χ4v) is 3.61. The second-order valence-corrected chi connectivity index (χ2v) is 7.98. The molecule has 0 bridgehead atoms. The van der Waals surface area contributed by atoms with Gasteiger partial charge < -0.3 is 5.32 Å². The number of ketones is 1. The van der Waals surface area contributed by atoms with E-state index in [2.05, 4.69) is 36.4 Å². The maximum Gasteiger partial charge on any atom is 0.325 e. The van der Waals surface area contributed by atoms with Crippen molar-refractivity contribution >= 4 is 34.0 Å². The van der Waals surface area contributed by atoms with Crippen molar-refractivity contribution in [3.8, 4) is 0 Å². The second kappa shape index (κ2) is 6.36. The molecule has 1 aromatic heterocycles. The Balaban J connectivity index is 1.65. The molecule has 1 aliphatic carbocycles.